The van der Waals surface area contributed by atoms with Gasteiger partial charge >= 0.3 is 0 Å². The summed E-state index contributed by atoms with van der Waals surface area (Å²) in [4.78, 5) is 14.7. The van der Waals surface area contributed by atoms with Crippen LogP contribution in [-0.4, -0.2) is 29.4 Å². The number of benzene rings is 1. The van der Waals surface area contributed by atoms with Crippen molar-refractivity contribution in [1.82, 2.24) is 10.2 Å². The van der Waals surface area contributed by atoms with Crippen molar-refractivity contribution in [3.05, 3.63) is 35.4 Å². The molecule has 1 aliphatic carbocycles. The standard InChI is InChI=1S/C17H24N2O/c1-13(17(20)18-16-8-4-5-9-16)19-11-10-14-6-2-3-7-15(14)12-19/h2-3,6-7,13,16H,4-5,8-12H2,1H3,(H,18,20). The zero-order chi connectivity index (χ0) is 13.9. The minimum Gasteiger partial charge on any atom is -0.352 e. The molecule has 1 aromatic rings. The highest BCUT2D eigenvalue weighted by atomic mass is 16.2. The van der Waals surface area contributed by atoms with Gasteiger partial charge in [0.05, 0.1) is 6.04 Å². The largest absolute Gasteiger partial charge is 0.352 e. The molecule has 3 nitrogen and oxygen atoms in total. The fourth-order valence-corrected chi connectivity index (χ4v) is 3.41. The molecule has 3 heteroatoms. The fourth-order valence-electron chi connectivity index (χ4n) is 3.41. The highest BCUT2D eigenvalue weighted by Crippen LogP contribution is 2.21. The molecule has 3 rings (SSSR count). The van der Waals surface area contributed by atoms with E-state index in [1.165, 1.54) is 24.0 Å². The third kappa shape index (κ3) is 2.88. The molecule has 0 spiro atoms. The van der Waals surface area contributed by atoms with Gasteiger partial charge in [-0.05, 0) is 37.3 Å². The zero-order valence-corrected chi connectivity index (χ0v) is 12.3. The lowest BCUT2D eigenvalue weighted by molar-refractivity contribution is -0.126. The molecular weight excluding hydrogens is 248 g/mol. The lowest BCUT2D eigenvalue weighted by atomic mass is 9.98. The molecule has 1 amide bonds. The lowest BCUT2D eigenvalue weighted by Crippen LogP contribution is -2.49. The molecule has 0 bridgehead atoms. The number of amides is 1. The van der Waals surface area contributed by atoms with Gasteiger partial charge in [-0.25, -0.2) is 0 Å². The Morgan fingerprint density at radius 1 is 1.25 bits per heavy atom. The summed E-state index contributed by atoms with van der Waals surface area (Å²) in [6.45, 7) is 3.92. The minimum atomic E-state index is -0.0241. The van der Waals surface area contributed by atoms with E-state index in [2.05, 4.69) is 34.5 Å². The molecule has 1 unspecified atom stereocenters. The molecule has 1 atom stereocenters. The van der Waals surface area contributed by atoms with Gasteiger partial charge in [0.1, 0.15) is 0 Å². The summed E-state index contributed by atoms with van der Waals surface area (Å²) in [5.41, 5.74) is 2.81. The van der Waals surface area contributed by atoms with Crippen molar-refractivity contribution in [3.8, 4) is 0 Å². The minimum absolute atomic E-state index is 0.0241. The second kappa shape index (κ2) is 5.96. The van der Waals surface area contributed by atoms with Crippen molar-refractivity contribution in [1.29, 1.82) is 0 Å². The lowest BCUT2D eigenvalue weighted by Gasteiger charge is -2.33. The van der Waals surface area contributed by atoms with E-state index in [0.29, 0.717) is 6.04 Å². The second-order valence-electron chi connectivity index (χ2n) is 6.16. The van der Waals surface area contributed by atoms with Crippen LogP contribution < -0.4 is 5.32 Å². The summed E-state index contributed by atoms with van der Waals surface area (Å²) in [5, 5.41) is 3.22. The number of hydrogen-bond acceptors (Lipinski definition) is 2. The van der Waals surface area contributed by atoms with E-state index in [4.69, 9.17) is 0 Å². The summed E-state index contributed by atoms with van der Waals surface area (Å²) in [5.74, 6) is 0.205. The van der Waals surface area contributed by atoms with Crippen LogP contribution in [0.25, 0.3) is 0 Å². The quantitative estimate of drug-likeness (QED) is 0.917. The fraction of sp³-hybridized carbons (Fsp3) is 0.588. The highest BCUT2D eigenvalue weighted by molar-refractivity contribution is 5.81. The number of carbonyl (C=O) groups is 1. The summed E-state index contributed by atoms with van der Waals surface area (Å²) in [6, 6.07) is 8.97. The summed E-state index contributed by atoms with van der Waals surface area (Å²) >= 11 is 0. The van der Waals surface area contributed by atoms with Crippen molar-refractivity contribution in [3.63, 3.8) is 0 Å². The molecule has 1 fully saturated rings. The van der Waals surface area contributed by atoms with Crippen LogP contribution in [0.4, 0.5) is 0 Å². The molecule has 1 N–H and O–H groups in total. The Kier molecular flexibility index (Phi) is 4.06. The first-order valence-corrected chi connectivity index (χ1v) is 7.85. The molecule has 1 heterocycles. The Hall–Kier alpha value is -1.35. The molecule has 1 aliphatic heterocycles. The number of fused-ring (bicyclic) bond motifs is 1. The molecule has 0 aromatic heterocycles. The van der Waals surface area contributed by atoms with Gasteiger partial charge in [0.2, 0.25) is 5.91 Å². The molecular formula is C17H24N2O. The van der Waals surface area contributed by atoms with Crippen LogP contribution in [0.1, 0.15) is 43.7 Å². The van der Waals surface area contributed by atoms with Gasteiger partial charge in [0, 0.05) is 19.1 Å². The first-order chi connectivity index (χ1) is 9.74. The second-order valence-corrected chi connectivity index (χ2v) is 6.16. The summed E-state index contributed by atoms with van der Waals surface area (Å²) < 4.78 is 0. The van der Waals surface area contributed by atoms with Crippen LogP contribution in [0.15, 0.2) is 24.3 Å². The number of rotatable bonds is 3. The third-order valence-corrected chi connectivity index (χ3v) is 4.79. The van der Waals surface area contributed by atoms with Gasteiger partial charge in [0.15, 0.2) is 0 Å². The Labute approximate surface area is 121 Å². The SMILES string of the molecule is CC(C(=O)NC1CCCC1)N1CCc2ccccc2C1. The number of hydrogen-bond donors (Lipinski definition) is 1. The Bertz CT molecular complexity index is 480. The smallest absolute Gasteiger partial charge is 0.237 e. The molecule has 2 aliphatic rings. The number of nitrogens with zero attached hydrogens (tertiary/aromatic N) is 1. The van der Waals surface area contributed by atoms with E-state index in [0.717, 1.165) is 32.4 Å². The normalized spacial score (nSPS) is 21.4. The van der Waals surface area contributed by atoms with Gasteiger partial charge in [-0.15, -0.1) is 0 Å². The van der Waals surface area contributed by atoms with Crippen molar-refractivity contribution >= 4 is 5.91 Å². The van der Waals surface area contributed by atoms with Crippen LogP contribution >= 0.6 is 0 Å². The van der Waals surface area contributed by atoms with Crippen LogP contribution in [0.2, 0.25) is 0 Å². The van der Waals surface area contributed by atoms with E-state index in [1.807, 2.05) is 6.92 Å². The average Bonchev–Trinajstić information content (AvgIpc) is 2.99. The van der Waals surface area contributed by atoms with E-state index in [-0.39, 0.29) is 11.9 Å². The first kappa shape index (κ1) is 13.6. The highest BCUT2D eigenvalue weighted by Gasteiger charge is 2.27. The monoisotopic (exact) mass is 272 g/mol. The molecule has 1 aromatic carbocycles. The van der Waals surface area contributed by atoms with E-state index < -0.39 is 0 Å². The van der Waals surface area contributed by atoms with Gasteiger partial charge in [0.25, 0.3) is 0 Å². The van der Waals surface area contributed by atoms with Crippen molar-refractivity contribution in [2.75, 3.05) is 6.54 Å². The predicted octanol–water partition coefficient (Wildman–Crippen LogP) is 2.49. The summed E-state index contributed by atoms with van der Waals surface area (Å²) in [6.07, 6.45) is 5.88. The molecule has 0 saturated heterocycles. The van der Waals surface area contributed by atoms with Gasteiger partial charge in [-0.3, -0.25) is 9.69 Å². The topological polar surface area (TPSA) is 32.3 Å². The van der Waals surface area contributed by atoms with Crippen molar-refractivity contribution in [2.45, 2.75) is 57.7 Å². The Morgan fingerprint density at radius 2 is 1.95 bits per heavy atom. The van der Waals surface area contributed by atoms with Crippen molar-refractivity contribution in [2.24, 2.45) is 0 Å². The number of nitrogens with one attached hydrogen (secondary N) is 1. The maximum Gasteiger partial charge on any atom is 0.237 e. The molecule has 1 saturated carbocycles. The van der Waals surface area contributed by atoms with Gasteiger partial charge in [-0.1, -0.05) is 37.1 Å². The Morgan fingerprint density at radius 3 is 2.70 bits per heavy atom. The maximum absolute atomic E-state index is 12.4. The van der Waals surface area contributed by atoms with Gasteiger partial charge in [-0.2, -0.15) is 0 Å². The van der Waals surface area contributed by atoms with Crippen molar-refractivity contribution < 1.29 is 4.79 Å². The van der Waals surface area contributed by atoms with Gasteiger partial charge < -0.3 is 5.32 Å². The number of carbonyl (C=O) groups excluding carboxylic acids is 1. The zero-order valence-electron chi connectivity index (χ0n) is 12.3. The molecule has 0 radical (unpaired) electrons. The van der Waals surface area contributed by atoms with E-state index in [1.54, 1.807) is 0 Å². The van der Waals surface area contributed by atoms with E-state index in [9.17, 15) is 4.79 Å². The average molecular weight is 272 g/mol. The third-order valence-electron chi connectivity index (χ3n) is 4.79. The predicted molar refractivity (Wildman–Crippen MR) is 80.4 cm³/mol. The summed E-state index contributed by atoms with van der Waals surface area (Å²) in [7, 11) is 0. The van der Waals surface area contributed by atoms with E-state index >= 15 is 0 Å². The maximum atomic E-state index is 12.4. The van der Waals surface area contributed by atoms with Crippen LogP contribution in [-0.2, 0) is 17.8 Å². The molecule has 108 valence electrons. The van der Waals surface area contributed by atoms with Crippen LogP contribution in [0.5, 0.6) is 0 Å². The first-order valence-electron chi connectivity index (χ1n) is 7.85. The Balaban J connectivity index is 1.60. The van der Waals surface area contributed by atoms with Crippen LogP contribution in [0.3, 0.4) is 0 Å². The van der Waals surface area contributed by atoms with Crippen LogP contribution in [0, 0.1) is 0 Å². The molecule has 20 heavy (non-hydrogen) atoms.